The molecule has 0 aliphatic carbocycles. The molecule has 0 atom stereocenters. The minimum atomic E-state index is 0.246. The lowest BCUT2D eigenvalue weighted by Gasteiger charge is -2.18. The van der Waals surface area contributed by atoms with Crippen LogP contribution in [0.15, 0.2) is 24.3 Å². The Morgan fingerprint density at radius 1 is 1.28 bits per heavy atom. The number of aryl methyl sites for hydroxylation is 1. The van der Waals surface area contributed by atoms with Crippen molar-refractivity contribution in [3.8, 4) is 0 Å². The van der Waals surface area contributed by atoms with Crippen molar-refractivity contribution in [1.29, 1.82) is 0 Å². The lowest BCUT2D eigenvalue weighted by molar-refractivity contribution is 0.0940. The molecule has 0 amide bonds. The zero-order valence-corrected chi connectivity index (χ0v) is 11.7. The Morgan fingerprint density at radius 2 is 1.94 bits per heavy atom. The topological polar surface area (TPSA) is 20.3 Å². The maximum absolute atomic E-state index is 12.2. The number of likely N-dealkylation sites (tertiary alicyclic amines) is 1. The van der Waals surface area contributed by atoms with Crippen molar-refractivity contribution in [2.24, 2.45) is 5.41 Å². The van der Waals surface area contributed by atoms with E-state index in [9.17, 15) is 4.79 Å². The number of nitrogens with zero attached hydrogens (tertiary/aromatic N) is 1. The first kappa shape index (κ1) is 13.3. The second-order valence-corrected chi connectivity index (χ2v) is 6.10. The maximum Gasteiger partial charge on any atom is 0.176 e. The van der Waals surface area contributed by atoms with Crippen molar-refractivity contribution >= 4 is 5.78 Å². The number of hydrogen-bond donors (Lipinski definition) is 0. The zero-order chi connectivity index (χ0) is 13.2. The van der Waals surface area contributed by atoms with Gasteiger partial charge in [-0.3, -0.25) is 9.69 Å². The lowest BCUT2D eigenvalue weighted by Crippen LogP contribution is -2.29. The van der Waals surface area contributed by atoms with Crippen LogP contribution in [0.5, 0.6) is 0 Å². The van der Waals surface area contributed by atoms with Crippen molar-refractivity contribution in [2.45, 2.75) is 33.6 Å². The standard InChI is InChI=1S/C16H23NO/c1-4-13-5-7-14(8-6-13)15(18)11-17-10-9-16(2,3)12-17/h5-8H,4,9-12H2,1-3H3. The predicted molar refractivity (Wildman–Crippen MR) is 75.0 cm³/mol. The lowest BCUT2D eigenvalue weighted by atomic mass is 9.93. The van der Waals surface area contributed by atoms with Crippen LogP contribution < -0.4 is 0 Å². The van der Waals surface area contributed by atoms with Gasteiger partial charge in [-0.15, -0.1) is 0 Å². The van der Waals surface area contributed by atoms with E-state index >= 15 is 0 Å². The van der Waals surface area contributed by atoms with E-state index in [0.29, 0.717) is 12.0 Å². The molecular formula is C16H23NO. The van der Waals surface area contributed by atoms with Gasteiger partial charge in [0.05, 0.1) is 6.54 Å². The van der Waals surface area contributed by atoms with Crippen molar-refractivity contribution in [1.82, 2.24) is 4.90 Å². The van der Waals surface area contributed by atoms with Gasteiger partial charge in [-0.25, -0.2) is 0 Å². The molecule has 2 heteroatoms. The summed E-state index contributed by atoms with van der Waals surface area (Å²) < 4.78 is 0. The molecule has 0 saturated carbocycles. The summed E-state index contributed by atoms with van der Waals surface area (Å²) in [7, 11) is 0. The molecule has 0 bridgehead atoms. The molecule has 1 heterocycles. The van der Waals surface area contributed by atoms with Gasteiger partial charge in [0.25, 0.3) is 0 Å². The molecule has 0 N–H and O–H groups in total. The summed E-state index contributed by atoms with van der Waals surface area (Å²) in [5.41, 5.74) is 2.50. The van der Waals surface area contributed by atoms with Crippen LogP contribution in [0.3, 0.4) is 0 Å². The summed E-state index contributed by atoms with van der Waals surface area (Å²) in [6, 6.07) is 8.03. The van der Waals surface area contributed by atoms with Crippen LogP contribution in [-0.4, -0.2) is 30.3 Å². The molecule has 0 spiro atoms. The summed E-state index contributed by atoms with van der Waals surface area (Å²) in [4.78, 5) is 14.4. The molecule has 1 saturated heterocycles. The minimum absolute atomic E-state index is 0.246. The van der Waals surface area contributed by atoms with Crippen molar-refractivity contribution < 1.29 is 4.79 Å². The second kappa shape index (κ2) is 5.23. The Hall–Kier alpha value is -1.15. The van der Waals surface area contributed by atoms with Crippen molar-refractivity contribution in [2.75, 3.05) is 19.6 Å². The summed E-state index contributed by atoms with van der Waals surface area (Å²) in [5.74, 6) is 0.246. The summed E-state index contributed by atoms with van der Waals surface area (Å²) in [5, 5.41) is 0. The third kappa shape index (κ3) is 3.20. The molecule has 1 aromatic carbocycles. The van der Waals surface area contributed by atoms with Crippen LogP contribution in [0, 0.1) is 5.41 Å². The van der Waals surface area contributed by atoms with Crippen LogP contribution >= 0.6 is 0 Å². The Balaban J connectivity index is 1.95. The molecule has 1 aromatic rings. The van der Waals surface area contributed by atoms with Gasteiger partial charge in [-0.05, 0) is 30.4 Å². The fourth-order valence-electron chi connectivity index (χ4n) is 2.58. The third-order valence-corrected chi connectivity index (χ3v) is 3.81. The SMILES string of the molecule is CCc1ccc(C(=O)CN2CCC(C)(C)C2)cc1. The summed E-state index contributed by atoms with van der Waals surface area (Å²) in [6.07, 6.45) is 2.21. The van der Waals surface area contributed by atoms with E-state index in [2.05, 4.69) is 37.8 Å². The highest BCUT2D eigenvalue weighted by atomic mass is 16.1. The Bertz CT molecular complexity index is 419. The molecule has 98 valence electrons. The first-order valence-corrected chi connectivity index (χ1v) is 6.85. The Kier molecular flexibility index (Phi) is 3.86. The van der Waals surface area contributed by atoms with Crippen LogP contribution in [0.25, 0.3) is 0 Å². The van der Waals surface area contributed by atoms with E-state index in [1.807, 2.05) is 12.1 Å². The van der Waals surface area contributed by atoms with Gasteiger partial charge in [0.15, 0.2) is 5.78 Å². The van der Waals surface area contributed by atoms with Gasteiger partial charge in [-0.1, -0.05) is 45.0 Å². The van der Waals surface area contributed by atoms with Crippen LogP contribution in [-0.2, 0) is 6.42 Å². The van der Waals surface area contributed by atoms with Crippen LogP contribution in [0.4, 0.5) is 0 Å². The van der Waals surface area contributed by atoms with Crippen LogP contribution in [0.1, 0.15) is 43.1 Å². The summed E-state index contributed by atoms with van der Waals surface area (Å²) in [6.45, 7) is 9.32. The molecule has 1 fully saturated rings. The Labute approximate surface area is 110 Å². The number of hydrogen-bond acceptors (Lipinski definition) is 2. The van der Waals surface area contributed by atoms with E-state index < -0.39 is 0 Å². The molecule has 1 aliphatic rings. The number of carbonyl (C=O) groups excluding carboxylic acids is 1. The molecule has 18 heavy (non-hydrogen) atoms. The number of ketones is 1. The van der Waals surface area contributed by atoms with E-state index in [0.717, 1.165) is 25.1 Å². The van der Waals surface area contributed by atoms with Gasteiger partial charge in [-0.2, -0.15) is 0 Å². The first-order valence-electron chi connectivity index (χ1n) is 6.85. The molecule has 1 aliphatic heterocycles. The van der Waals surface area contributed by atoms with E-state index in [1.165, 1.54) is 12.0 Å². The molecule has 2 nitrogen and oxygen atoms in total. The van der Waals surface area contributed by atoms with Gasteiger partial charge in [0.2, 0.25) is 0 Å². The Morgan fingerprint density at radius 3 is 2.44 bits per heavy atom. The van der Waals surface area contributed by atoms with E-state index in [4.69, 9.17) is 0 Å². The van der Waals surface area contributed by atoms with Crippen molar-refractivity contribution in [3.63, 3.8) is 0 Å². The third-order valence-electron chi connectivity index (χ3n) is 3.81. The van der Waals surface area contributed by atoms with Crippen LogP contribution in [0.2, 0.25) is 0 Å². The smallest absolute Gasteiger partial charge is 0.176 e. The fraction of sp³-hybridized carbons (Fsp3) is 0.562. The number of benzene rings is 1. The minimum Gasteiger partial charge on any atom is -0.295 e. The second-order valence-electron chi connectivity index (χ2n) is 6.10. The average molecular weight is 245 g/mol. The number of carbonyl (C=O) groups is 1. The van der Waals surface area contributed by atoms with Gasteiger partial charge < -0.3 is 0 Å². The molecule has 2 rings (SSSR count). The molecular weight excluding hydrogens is 222 g/mol. The normalized spacial score (nSPS) is 19.1. The van der Waals surface area contributed by atoms with Gasteiger partial charge in [0, 0.05) is 12.1 Å². The zero-order valence-electron chi connectivity index (χ0n) is 11.7. The molecule has 0 unspecified atom stereocenters. The van der Waals surface area contributed by atoms with Gasteiger partial charge >= 0.3 is 0 Å². The number of rotatable bonds is 4. The molecule has 0 aromatic heterocycles. The fourth-order valence-corrected chi connectivity index (χ4v) is 2.58. The van der Waals surface area contributed by atoms with E-state index in [1.54, 1.807) is 0 Å². The highest BCUT2D eigenvalue weighted by Crippen LogP contribution is 2.28. The first-order chi connectivity index (χ1) is 8.50. The predicted octanol–water partition coefficient (Wildman–Crippen LogP) is 3.16. The average Bonchev–Trinajstić information content (AvgIpc) is 2.68. The maximum atomic E-state index is 12.2. The largest absolute Gasteiger partial charge is 0.295 e. The molecule has 0 radical (unpaired) electrons. The highest BCUT2D eigenvalue weighted by Gasteiger charge is 2.30. The van der Waals surface area contributed by atoms with Crippen molar-refractivity contribution in [3.05, 3.63) is 35.4 Å². The monoisotopic (exact) mass is 245 g/mol. The van der Waals surface area contributed by atoms with E-state index in [-0.39, 0.29) is 5.78 Å². The quantitative estimate of drug-likeness (QED) is 0.759. The van der Waals surface area contributed by atoms with Gasteiger partial charge in [0.1, 0.15) is 0 Å². The highest BCUT2D eigenvalue weighted by molar-refractivity contribution is 5.97. The summed E-state index contributed by atoms with van der Waals surface area (Å²) >= 11 is 0. The number of Topliss-reactive ketones (excluding diaryl/α,β-unsaturated/α-hetero) is 1.